The predicted octanol–water partition coefficient (Wildman–Crippen LogP) is 2.16. The zero-order valence-corrected chi connectivity index (χ0v) is 30.2. The minimum atomic E-state index is -1.04. The summed E-state index contributed by atoms with van der Waals surface area (Å²) < 4.78 is 7.32. The molecule has 1 saturated heterocycles. The molecule has 1 aliphatic carbocycles. The topological polar surface area (TPSA) is 207 Å². The highest BCUT2D eigenvalue weighted by molar-refractivity contribution is 8.01. The highest BCUT2D eigenvalue weighted by atomic mass is 32.2. The number of thioether (sulfide) groups is 2. The fourth-order valence-electron chi connectivity index (χ4n) is 5.49. The lowest BCUT2D eigenvalue weighted by molar-refractivity contribution is -0.154. The second kappa shape index (κ2) is 15.6. The van der Waals surface area contributed by atoms with Gasteiger partial charge in [0, 0.05) is 23.9 Å². The second-order valence-electron chi connectivity index (χ2n) is 12.0. The van der Waals surface area contributed by atoms with Crippen molar-refractivity contribution in [3.05, 3.63) is 115 Å². The van der Waals surface area contributed by atoms with Crippen LogP contribution in [0.3, 0.4) is 0 Å². The molecule has 1 saturated carbocycles. The van der Waals surface area contributed by atoms with Gasteiger partial charge in [-0.05, 0) is 29.5 Å². The zero-order valence-electron chi connectivity index (χ0n) is 27.8. The van der Waals surface area contributed by atoms with E-state index in [2.05, 4.69) is 31.0 Å². The number of aromatic nitrogens is 4. The summed E-state index contributed by atoms with van der Waals surface area (Å²) in [5.41, 5.74) is 0.286. The van der Waals surface area contributed by atoms with E-state index in [9.17, 15) is 28.8 Å². The number of aromatic amines is 1. The maximum Gasteiger partial charge on any atom is 0.356 e. The maximum absolute atomic E-state index is 14.3. The van der Waals surface area contributed by atoms with Crippen LogP contribution in [-0.4, -0.2) is 83.6 Å². The number of esters is 1. The van der Waals surface area contributed by atoms with Crippen molar-refractivity contribution in [2.24, 2.45) is 12.2 Å². The quantitative estimate of drug-likeness (QED) is 0.0321. The Balaban J connectivity index is 1.18. The fraction of sp³-hybridized carbons (Fsp3) is 0.265. The van der Waals surface area contributed by atoms with Crippen molar-refractivity contribution < 1.29 is 28.8 Å². The Morgan fingerprint density at radius 1 is 1.09 bits per heavy atom. The minimum Gasteiger partial charge on any atom is -0.448 e. The molecule has 7 rings (SSSR count). The van der Waals surface area contributed by atoms with Gasteiger partial charge in [-0.2, -0.15) is 0 Å². The van der Waals surface area contributed by atoms with E-state index in [1.54, 1.807) is 0 Å². The summed E-state index contributed by atoms with van der Waals surface area (Å²) in [5.74, 6) is -1.66. The molecule has 272 valence electrons. The molecular formula is C34H30N8O8S3. The predicted molar refractivity (Wildman–Crippen MR) is 196 cm³/mol. The number of carbonyl (C=O) groups excluding carboxylic acids is 4. The summed E-state index contributed by atoms with van der Waals surface area (Å²) in [6.07, 6.45) is 1.11. The van der Waals surface area contributed by atoms with Crippen molar-refractivity contribution in [2.75, 3.05) is 16.8 Å². The number of rotatable bonds is 14. The molecule has 0 bridgehead atoms. The third kappa shape index (κ3) is 7.67. The van der Waals surface area contributed by atoms with Crippen LogP contribution in [0.1, 0.15) is 35.8 Å². The van der Waals surface area contributed by atoms with Crippen molar-refractivity contribution in [1.82, 2.24) is 30.0 Å². The highest BCUT2D eigenvalue weighted by Gasteiger charge is 2.55. The van der Waals surface area contributed by atoms with Crippen molar-refractivity contribution >= 4 is 69.9 Å². The monoisotopic (exact) mass is 774 g/mol. The second-order valence-corrected chi connectivity index (χ2v) is 14.9. The molecule has 2 aromatic heterocycles. The fourth-order valence-corrected chi connectivity index (χ4v) is 8.54. The lowest BCUT2D eigenvalue weighted by Crippen LogP contribution is -2.71. The van der Waals surface area contributed by atoms with E-state index in [0.29, 0.717) is 23.1 Å². The Morgan fingerprint density at radius 2 is 1.79 bits per heavy atom. The Morgan fingerprint density at radius 3 is 2.45 bits per heavy atom. The van der Waals surface area contributed by atoms with Crippen LogP contribution in [0, 0.1) is 0 Å². The number of hydrogen-bond acceptors (Lipinski definition) is 14. The summed E-state index contributed by atoms with van der Waals surface area (Å²) in [6.45, 7) is 0. The number of β-lactam (4-membered cyclic amide) rings is 1. The average Bonchev–Trinajstić information content (AvgIpc) is 3.90. The van der Waals surface area contributed by atoms with Crippen molar-refractivity contribution in [1.29, 1.82) is 0 Å². The molecule has 4 aromatic rings. The summed E-state index contributed by atoms with van der Waals surface area (Å²) in [7, 11) is 1.41. The number of nitrogens with zero attached hydrogens (tertiary/aromatic N) is 5. The van der Waals surface area contributed by atoms with Gasteiger partial charge < -0.3 is 20.2 Å². The van der Waals surface area contributed by atoms with Gasteiger partial charge in [0.2, 0.25) is 6.41 Å². The molecule has 0 unspecified atom stereocenters. The van der Waals surface area contributed by atoms with Crippen LogP contribution in [0.15, 0.2) is 97.2 Å². The number of fused-ring (bicyclic) bond motifs is 1. The van der Waals surface area contributed by atoms with Crippen molar-refractivity contribution in [3.63, 3.8) is 0 Å². The minimum absolute atomic E-state index is 0.0121. The van der Waals surface area contributed by atoms with E-state index in [4.69, 9.17) is 9.57 Å². The lowest BCUT2D eigenvalue weighted by atomic mass is 10.0. The molecule has 4 heterocycles. The number of benzene rings is 2. The Kier molecular flexibility index (Phi) is 10.6. The summed E-state index contributed by atoms with van der Waals surface area (Å²) in [4.78, 5) is 88.0. The number of H-pyrrole nitrogens is 1. The van der Waals surface area contributed by atoms with Gasteiger partial charge in [0.15, 0.2) is 22.1 Å². The molecule has 2 fully saturated rings. The van der Waals surface area contributed by atoms with Crippen LogP contribution in [0.5, 0.6) is 0 Å². The van der Waals surface area contributed by atoms with Crippen LogP contribution >= 0.6 is 34.9 Å². The molecule has 2 aliphatic heterocycles. The van der Waals surface area contributed by atoms with E-state index < -0.39 is 46.4 Å². The van der Waals surface area contributed by atoms with Gasteiger partial charge in [0.05, 0.1) is 0 Å². The number of ether oxygens (including phenoxy) is 1. The molecule has 19 heteroatoms. The average molecular weight is 775 g/mol. The van der Waals surface area contributed by atoms with Gasteiger partial charge in [0.25, 0.3) is 11.8 Å². The number of nitrogens with one attached hydrogen (secondary N) is 3. The summed E-state index contributed by atoms with van der Waals surface area (Å²) in [6, 6.07) is 17.3. The maximum atomic E-state index is 14.3. The SMILES string of the molecule is Cn1c(SCC2=C(C(=O)OC(c3ccccc3)c3ccccc3)N3C(=O)[C@@H](NC(=O)/C(=N\OC4CC4)c4csc(NC=O)n4)[C@H]3SC2)n[nH]c(=O)c1=O. The van der Waals surface area contributed by atoms with E-state index in [1.165, 1.54) is 29.1 Å². The zero-order chi connectivity index (χ0) is 37.1. The van der Waals surface area contributed by atoms with E-state index in [0.717, 1.165) is 40.5 Å². The van der Waals surface area contributed by atoms with Crippen LogP contribution in [-0.2, 0) is 35.8 Å². The number of oxime groups is 1. The third-order valence-corrected chi connectivity index (χ3v) is 11.6. The van der Waals surface area contributed by atoms with Crippen LogP contribution < -0.4 is 21.8 Å². The van der Waals surface area contributed by atoms with Crippen LogP contribution in [0.4, 0.5) is 5.13 Å². The molecule has 3 N–H and O–H groups in total. The molecule has 3 amide bonds. The van der Waals surface area contributed by atoms with E-state index >= 15 is 0 Å². The molecule has 2 aromatic carbocycles. The Bertz CT molecular complexity index is 2200. The van der Waals surface area contributed by atoms with Crippen molar-refractivity contribution in [2.45, 2.75) is 41.6 Å². The van der Waals surface area contributed by atoms with Gasteiger partial charge in [-0.25, -0.2) is 14.9 Å². The summed E-state index contributed by atoms with van der Waals surface area (Å²) in [5, 5.41) is 16.7. The lowest BCUT2D eigenvalue weighted by Gasteiger charge is -2.49. The molecule has 3 aliphatic rings. The molecule has 0 spiro atoms. The van der Waals surface area contributed by atoms with Crippen LogP contribution in [0.2, 0.25) is 0 Å². The molecule has 16 nitrogen and oxygen atoms in total. The van der Waals surface area contributed by atoms with Gasteiger partial charge in [-0.1, -0.05) is 77.6 Å². The largest absolute Gasteiger partial charge is 0.448 e. The summed E-state index contributed by atoms with van der Waals surface area (Å²) >= 11 is 3.52. The molecular weight excluding hydrogens is 745 g/mol. The first-order chi connectivity index (χ1) is 25.7. The van der Waals surface area contributed by atoms with Gasteiger partial charge >= 0.3 is 17.1 Å². The molecule has 53 heavy (non-hydrogen) atoms. The van der Waals surface area contributed by atoms with Crippen LogP contribution in [0.25, 0.3) is 0 Å². The standard InChI is InChI=1S/C34H30N8O8S3/c1-41-30(47)28(45)38-39-34(41)53-15-20-14-51-31-24(37-27(44)23(40-50-21-12-13-21)22-16-52-33(36-22)35-17-43)29(46)42(31)25(20)32(48)49-26(18-8-4-2-5-9-18)19-10-6-3-7-11-19/h2-11,16-17,21,24,26,31H,12-15H2,1H3,(H,37,44)(H,38,45)(H,35,36,43)/b40-23-/t24-,31-/m1/s1. The number of thiazole rings is 1. The first kappa shape index (κ1) is 35.9. The Hall–Kier alpha value is -5.53. The number of hydrogen-bond donors (Lipinski definition) is 3. The third-order valence-electron chi connectivity index (χ3n) is 8.33. The number of amides is 3. The number of carbonyl (C=O) groups is 4. The normalized spacial score (nSPS) is 18.3. The molecule has 0 radical (unpaired) electrons. The first-order valence-electron chi connectivity index (χ1n) is 16.2. The van der Waals surface area contributed by atoms with Crippen molar-refractivity contribution in [3.8, 4) is 0 Å². The van der Waals surface area contributed by atoms with E-state index in [1.807, 2.05) is 60.7 Å². The van der Waals surface area contributed by atoms with Gasteiger partial charge in [-0.15, -0.1) is 28.2 Å². The van der Waals surface area contributed by atoms with Gasteiger partial charge in [0.1, 0.15) is 28.9 Å². The molecule has 2 atom stereocenters. The number of anilines is 1. The first-order valence-corrected chi connectivity index (χ1v) is 19.1. The Labute approximate surface area is 313 Å². The highest BCUT2D eigenvalue weighted by Crippen LogP contribution is 2.43. The van der Waals surface area contributed by atoms with Gasteiger partial charge in [-0.3, -0.25) is 33.4 Å². The van der Waals surface area contributed by atoms with E-state index in [-0.39, 0.29) is 45.0 Å². The smallest absolute Gasteiger partial charge is 0.356 e.